The average Bonchev–Trinajstić information content (AvgIpc) is 3.38. The minimum absolute atomic E-state index is 0. The molecule has 0 bridgehead atoms. The molecule has 29 heavy (non-hydrogen) atoms. The second-order valence-corrected chi connectivity index (χ2v) is 9.31. The van der Waals surface area contributed by atoms with Gasteiger partial charge in [-0.25, -0.2) is 4.99 Å². The third-order valence-electron chi connectivity index (χ3n) is 4.49. The van der Waals surface area contributed by atoms with Crippen LogP contribution in [0.1, 0.15) is 33.2 Å². The largest absolute Gasteiger partial charge is 0.356 e. The van der Waals surface area contributed by atoms with E-state index in [1.807, 2.05) is 29.9 Å². The zero-order valence-corrected chi connectivity index (χ0v) is 21.3. The lowest BCUT2D eigenvalue weighted by atomic mass is 10.2. The van der Waals surface area contributed by atoms with Crippen LogP contribution in [0.15, 0.2) is 34.6 Å². The van der Waals surface area contributed by atoms with Gasteiger partial charge >= 0.3 is 0 Å². The Bertz CT molecular complexity index is 900. The summed E-state index contributed by atoms with van der Waals surface area (Å²) in [6, 6.07) is 8.93. The van der Waals surface area contributed by atoms with Gasteiger partial charge in [0.05, 0.1) is 0 Å². The first-order chi connectivity index (χ1) is 13.5. The summed E-state index contributed by atoms with van der Waals surface area (Å²) in [5.41, 5.74) is 0. The molecule has 1 unspecified atom stereocenters. The van der Waals surface area contributed by atoms with Crippen molar-refractivity contribution in [2.75, 3.05) is 6.54 Å². The average molecular weight is 545 g/mol. The Labute approximate surface area is 197 Å². The van der Waals surface area contributed by atoms with E-state index in [1.54, 1.807) is 11.3 Å². The first kappa shape index (κ1) is 23.8. The van der Waals surface area contributed by atoms with E-state index in [4.69, 9.17) is 4.99 Å². The van der Waals surface area contributed by atoms with Crippen LogP contribution in [0.3, 0.4) is 0 Å². The molecule has 0 saturated carbocycles. The highest BCUT2D eigenvalue weighted by atomic mass is 127. The van der Waals surface area contributed by atoms with Crippen LogP contribution in [0.25, 0.3) is 0 Å². The van der Waals surface area contributed by atoms with Crippen LogP contribution < -0.4 is 10.6 Å². The maximum atomic E-state index is 4.75. The predicted molar refractivity (Wildman–Crippen MR) is 134 cm³/mol. The molecular weight excluding hydrogens is 515 g/mol. The highest BCUT2D eigenvalue weighted by Crippen LogP contribution is 2.16. The molecule has 0 aromatic carbocycles. The fourth-order valence-corrected chi connectivity index (χ4v) is 4.56. The third-order valence-corrected chi connectivity index (χ3v) is 6.45. The van der Waals surface area contributed by atoms with Gasteiger partial charge in [-0.05, 0) is 50.8 Å². The second kappa shape index (κ2) is 11.7. The van der Waals surface area contributed by atoms with Crippen molar-refractivity contribution in [3.05, 3.63) is 55.9 Å². The molecule has 0 saturated heterocycles. The molecule has 3 aromatic rings. The molecule has 0 aliphatic carbocycles. The quantitative estimate of drug-likeness (QED) is 0.255. The second-order valence-electron chi connectivity index (χ2n) is 6.91. The molecule has 2 N–H and O–H groups in total. The summed E-state index contributed by atoms with van der Waals surface area (Å²) >= 11 is 3.64. The minimum Gasteiger partial charge on any atom is -0.356 e. The van der Waals surface area contributed by atoms with Crippen molar-refractivity contribution in [1.29, 1.82) is 0 Å². The Morgan fingerprint density at radius 1 is 1.21 bits per heavy atom. The lowest BCUT2D eigenvalue weighted by Crippen LogP contribution is -2.43. The molecule has 0 radical (unpaired) electrons. The maximum Gasteiger partial charge on any atom is 0.191 e. The standard InChI is InChI=1S/C20H28N6S2.HI/c1-14(12-18-8-7-15(2)28-18)23-20(21-10-9-17-6-5-11-27-17)22-13-19-25-24-16(3)26(19)4;/h5-8,11,14H,9-10,12-13H2,1-4H3,(H2,21,22,23);1H. The van der Waals surface area contributed by atoms with E-state index >= 15 is 0 Å². The van der Waals surface area contributed by atoms with Crippen LogP contribution in [0.5, 0.6) is 0 Å². The number of aryl methyl sites for hydroxylation is 2. The minimum atomic E-state index is 0. The molecule has 1 atom stereocenters. The van der Waals surface area contributed by atoms with Crippen LogP contribution in [0, 0.1) is 13.8 Å². The molecule has 0 aliphatic heterocycles. The molecule has 0 spiro atoms. The van der Waals surface area contributed by atoms with Gasteiger partial charge in [-0.2, -0.15) is 0 Å². The monoisotopic (exact) mass is 544 g/mol. The summed E-state index contributed by atoms with van der Waals surface area (Å²) in [6.45, 7) is 7.63. The van der Waals surface area contributed by atoms with Crippen molar-refractivity contribution >= 4 is 52.6 Å². The molecule has 3 heterocycles. The number of aliphatic imine (C=N–C) groups is 1. The van der Waals surface area contributed by atoms with Crippen molar-refractivity contribution < 1.29 is 0 Å². The SMILES string of the molecule is Cc1ccc(CC(C)NC(=NCc2nnc(C)n2C)NCCc2cccs2)s1.I. The van der Waals surface area contributed by atoms with Crippen molar-refractivity contribution in [3.63, 3.8) is 0 Å². The Morgan fingerprint density at radius 2 is 2.03 bits per heavy atom. The third kappa shape index (κ3) is 7.38. The van der Waals surface area contributed by atoms with E-state index in [1.165, 1.54) is 14.6 Å². The van der Waals surface area contributed by atoms with Gasteiger partial charge in [-0.15, -0.1) is 56.8 Å². The first-order valence-electron chi connectivity index (χ1n) is 9.48. The van der Waals surface area contributed by atoms with Gasteiger partial charge in [0.15, 0.2) is 11.8 Å². The van der Waals surface area contributed by atoms with Crippen molar-refractivity contribution in [1.82, 2.24) is 25.4 Å². The molecule has 9 heteroatoms. The lowest BCUT2D eigenvalue weighted by Gasteiger charge is -2.18. The van der Waals surface area contributed by atoms with Crippen LogP contribution in [-0.2, 0) is 26.4 Å². The normalized spacial score (nSPS) is 12.5. The van der Waals surface area contributed by atoms with Gasteiger partial charge < -0.3 is 15.2 Å². The van der Waals surface area contributed by atoms with E-state index in [9.17, 15) is 0 Å². The number of hydrogen-bond donors (Lipinski definition) is 2. The van der Waals surface area contributed by atoms with Crippen LogP contribution in [0.2, 0.25) is 0 Å². The summed E-state index contributed by atoms with van der Waals surface area (Å²) < 4.78 is 1.98. The number of rotatable bonds is 8. The van der Waals surface area contributed by atoms with Crippen LogP contribution in [0.4, 0.5) is 0 Å². The molecule has 0 fully saturated rings. The Kier molecular flexibility index (Phi) is 9.57. The number of thiophene rings is 2. The Hall–Kier alpha value is -1.46. The summed E-state index contributed by atoms with van der Waals surface area (Å²) in [5.74, 6) is 2.57. The van der Waals surface area contributed by atoms with E-state index in [0.29, 0.717) is 6.54 Å². The number of nitrogens with one attached hydrogen (secondary N) is 2. The van der Waals surface area contributed by atoms with Gasteiger partial charge in [0.25, 0.3) is 0 Å². The lowest BCUT2D eigenvalue weighted by molar-refractivity contribution is 0.640. The zero-order chi connectivity index (χ0) is 19.9. The fourth-order valence-electron chi connectivity index (χ4n) is 2.83. The first-order valence-corrected chi connectivity index (χ1v) is 11.2. The van der Waals surface area contributed by atoms with Gasteiger partial charge in [-0.3, -0.25) is 0 Å². The molecule has 158 valence electrons. The number of nitrogens with zero attached hydrogens (tertiary/aromatic N) is 4. The predicted octanol–water partition coefficient (Wildman–Crippen LogP) is 4.08. The van der Waals surface area contributed by atoms with Gasteiger partial charge in [0.1, 0.15) is 12.4 Å². The van der Waals surface area contributed by atoms with Crippen molar-refractivity contribution in [2.45, 2.75) is 46.2 Å². The fraction of sp³-hybridized carbons (Fsp3) is 0.450. The zero-order valence-electron chi connectivity index (χ0n) is 17.3. The molecule has 3 rings (SSSR count). The topological polar surface area (TPSA) is 67.1 Å². The number of aromatic nitrogens is 3. The van der Waals surface area contributed by atoms with E-state index in [-0.39, 0.29) is 30.0 Å². The summed E-state index contributed by atoms with van der Waals surface area (Å²) in [5, 5.41) is 17.5. The number of guanidine groups is 1. The van der Waals surface area contributed by atoms with Crippen molar-refractivity contribution in [3.8, 4) is 0 Å². The Balaban J connectivity index is 0.00000300. The van der Waals surface area contributed by atoms with Crippen LogP contribution in [-0.4, -0.2) is 33.3 Å². The molecule has 6 nitrogen and oxygen atoms in total. The Morgan fingerprint density at radius 3 is 2.66 bits per heavy atom. The highest BCUT2D eigenvalue weighted by Gasteiger charge is 2.10. The maximum absolute atomic E-state index is 4.75. The van der Waals surface area contributed by atoms with Crippen molar-refractivity contribution in [2.24, 2.45) is 12.0 Å². The summed E-state index contributed by atoms with van der Waals surface area (Å²) in [6.07, 6.45) is 1.97. The number of halogens is 1. The van der Waals surface area contributed by atoms with Gasteiger partial charge in [-0.1, -0.05) is 6.07 Å². The van der Waals surface area contributed by atoms with E-state index < -0.39 is 0 Å². The van der Waals surface area contributed by atoms with Crippen LogP contribution >= 0.6 is 46.7 Å². The van der Waals surface area contributed by atoms with Gasteiger partial charge in [0.2, 0.25) is 0 Å². The molecular formula is C20H29IN6S2. The van der Waals surface area contributed by atoms with E-state index in [0.717, 1.165) is 37.0 Å². The molecule has 0 aliphatic rings. The van der Waals surface area contributed by atoms with Gasteiger partial charge in [0, 0.05) is 40.7 Å². The molecule has 0 amide bonds. The molecule has 3 aromatic heterocycles. The number of hydrogen-bond acceptors (Lipinski definition) is 5. The smallest absolute Gasteiger partial charge is 0.191 e. The summed E-state index contributed by atoms with van der Waals surface area (Å²) in [4.78, 5) is 8.86. The summed E-state index contributed by atoms with van der Waals surface area (Å²) in [7, 11) is 1.97. The highest BCUT2D eigenvalue weighted by molar-refractivity contribution is 14.0. The van der Waals surface area contributed by atoms with E-state index in [2.05, 4.69) is 64.3 Å².